The maximum Gasteiger partial charge on any atom is 0.128 e. The molecule has 1 aliphatic rings. The number of aromatic nitrogens is 1. The zero-order chi connectivity index (χ0) is 7.68. The maximum atomic E-state index is 4.28. The Kier molecular flexibility index (Phi) is 3.35. The fourth-order valence-corrected chi connectivity index (χ4v) is 1.33. The van der Waals surface area contributed by atoms with E-state index in [-0.39, 0.29) is 12.4 Å². The van der Waals surface area contributed by atoms with Crippen molar-refractivity contribution < 1.29 is 0 Å². The quantitative estimate of drug-likeness (QED) is 0.760. The molecule has 0 bridgehead atoms. The Morgan fingerprint density at radius 3 is 2.50 bits per heavy atom. The van der Waals surface area contributed by atoms with Crippen LogP contribution in [0.3, 0.4) is 0 Å². The number of anilines is 1. The lowest BCUT2D eigenvalue weighted by Gasteiger charge is -2.31. The SMILES string of the molecule is Brc1ccc(N2CCC2)nc1.Cl. The Bertz CT molecular complexity index is 246. The minimum absolute atomic E-state index is 0. The van der Waals surface area contributed by atoms with Gasteiger partial charge >= 0.3 is 0 Å². The lowest BCUT2D eigenvalue weighted by molar-refractivity contribution is 0.609. The molecule has 1 aliphatic heterocycles. The van der Waals surface area contributed by atoms with Gasteiger partial charge in [0.15, 0.2) is 0 Å². The summed E-state index contributed by atoms with van der Waals surface area (Å²) in [6, 6.07) is 4.07. The summed E-state index contributed by atoms with van der Waals surface area (Å²) in [5, 5.41) is 0. The largest absolute Gasteiger partial charge is 0.356 e. The van der Waals surface area contributed by atoms with Crippen molar-refractivity contribution in [2.75, 3.05) is 18.0 Å². The van der Waals surface area contributed by atoms with Gasteiger partial charge in [-0.3, -0.25) is 0 Å². The highest BCUT2D eigenvalue weighted by Crippen LogP contribution is 2.19. The molecule has 0 aromatic carbocycles. The summed E-state index contributed by atoms with van der Waals surface area (Å²) in [6.45, 7) is 2.32. The Labute approximate surface area is 86.5 Å². The van der Waals surface area contributed by atoms with Crippen LogP contribution in [0.2, 0.25) is 0 Å². The smallest absolute Gasteiger partial charge is 0.128 e. The highest BCUT2D eigenvalue weighted by molar-refractivity contribution is 9.10. The van der Waals surface area contributed by atoms with Crippen LogP contribution in [0.5, 0.6) is 0 Å². The molecule has 0 amide bonds. The summed E-state index contributed by atoms with van der Waals surface area (Å²) in [4.78, 5) is 6.55. The van der Waals surface area contributed by atoms with Crippen LogP contribution in [0, 0.1) is 0 Å². The summed E-state index contributed by atoms with van der Waals surface area (Å²) in [5.41, 5.74) is 0. The molecule has 1 aromatic heterocycles. The number of hydrogen-bond acceptors (Lipinski definition) is 2. The molecule has 0 radical (unpaired) electrons. The molecule has 2 nitrogen and oxygen atoms in total. The fraction of sp³-hybridized carbons (Fsp3) is 0.375. The van der Waals surface area contributed by atoms with Crippen molar-refractivity contribution in [3.63, 3.8) is 0 Å². The van der Waals surface area contributed by atoms with E-state index in [1.54, 1.807) is 0 Å². The third-order valence-electron chi connectivity index (χ3n) is 1.89. The van der Waals surface area contributed by atoms with Gasteiger partial charge < -0.3 is 4.90 Å². The molecule has 0 atom stereocenters. The molecule has 2 rings (SSSR count). The first kappa shape index (κ1) is 9.81. The van der Waals surface area contributed by atoms with Crippen molar-refractivity contribution in [1.29, 1.82) is 0 Å². The lowest BCUT2D eigenvalue weighted by Crippen LogP contribution is -2.37. The second kappa shape index (κ2) is 4.10. The summed E-state index contributed by atoms with van der Waals surface area (Å²) < 4.78 is 1.04. The van der Waals surface area contributed by atoms with Crippen LogP contribution in [-0.4, -0.2) is 18.1 Å². The van der Waals surface area contributed by atoms with Crippen molar-refractivity contribution in [3.05, 3.63) is 22.8 Å². The molecule has 12 heavy (non-hydrogen) atoms. The molecule has 1 saturated heterocycles. The van der Waals surface area contributed by atoms with Crippen molar-refractivity contribution >= 4 is 34.2 Å². The highest BCUT2D eigenvalue weighted by atomic mass is 79.9. The Morgan fingerprint density at radius 2 is 2.08 bits per heavy atom. The average molecular weight is 250 g/mol. The number of rotatable bonds is 1. The van der Waals surface area contributed by atoms with E-state index >= 15 is 0 Å². The van der Waals surface area contributed by atoms with Gasteiger partial charge in [0.25, 0.3) is 0 Å². The molecule has 0 N–H and O–H groups in total. The Morgan fingerprint density at radius 1 is 1.33 bits per heavy atom. The first-order valence-electron chi connectivity index (χ1n) is 3.73. The molecule has 0 aliphatic carbocycles. The van der Waals surface area contributed by atoms with Crippen LogP contribution in [-0.2, 0) is 0 Å². The molecular weight excluding hydrogens is 239 g/mol. The molecule has 2 heterocycles. The predicted molar refractivity (Wildman–Crippen MR) is 56.0 cm³/mol. The van der Waals surface area contributed by atoms with Crippen molar-refractivity contribution in [3.8, 4) is 0 Å². The Balaban J connectivity index is 0.000000720. The van der Waals surface area contributed by atoms with Crippen LogP contribution in [0.4, 0.5) is 5.82 Å². The van der Waals surface area contributed by atoms with Crippen molar-refractivity contribution in [1.82, 2.24) is 4.98 Å². The summed E-state index contributed by atoms with van der Waals surface area (Å²) >= 11 is 3.35. The second-order valence-corrected chi connectivity index (χ2v) is 3.59. The minimum Gasteiger partial charge on any atom is -0.356 e. The summed E-state index contributed by atoms with van der Waals surface area (Å²) in [5.74, 6) is 1.10. The summed E-state index contributed by atoms with van der Waals surface area (Å²) in [7, 11) is 0. The van der Waals surface area contributed by atoms with Gasteiger partial charge in [-0.15, -0.1) is 12.4 Å². The first-order valence-corrected chi connectivity index (χ1v) is 4.52. The maximum absolute atomic E-state index is 4.28. The molecule has 1 fully saturated rings. The van der Waals surface area contributed by atoms with E-state index in [0.717, 1.165) is 23.4 Å². The van der Waals surface area contributed by atoms with Crippen LogP contribution >= 0.6 is 28.3 Å². The molecule has 0 saturated carbocycles. The van der Waals surface area contributed by atoms with Crippen molar-refractivity contribution in [2.24, 2.45) is 0 Å². The zero-order valence-electron chi connectivity index (χ0n) is 6.53. The predicted octanol–water partition coefficient (Wildman–Crippen LogP) is 2.48. The number of pyridine rings is 1. The van der Waals surface area contributed by atoms with Crippen LogP contribution in [0.15, 0.2) is 22.8 Å². The number of halogens is 2. The Hall–Kier alpha value is -0.280. The standard InChI is InChI=1S/C8H9BrN2.ClH/c9-7-2-3-8(10-6-7)11-4-1-5-11;/h2-3,6H,1,4-5H2;1H. The highest BCUT2D eigenvalue weighted by Gasteiger charge is 2.14. The van der Waals surface area contributed by atoms with Gasteiger partial charge in [0.2, 0.25) is 0 Å². The van der Waals surface area contributed by atoms with Gasteiger partial charge in [0.1, 0.15) is 5.82 Å². The van der Waals surface area contributed by atoms with Crippen LogP contribution in [0.1, 0.15) is 6.42 Å². The number of nitrogens with zero attached hydrogens (tertiary/aromatic N) is 2. The van der Waals surface area contributed by atoms with E-state index in [1.165, 1.54) is 6.42 Å². The van der Waals surface area contributed by atoms with Gasteiger partial charge in [0, 0.05) is 23.8 Å². The van der Waals surface area contributed by atoms with Gasteiger partial charge in [-0.05, 0) is 34.5 Å². The van der Waals surface area contributed by atoms with E-state index in [0.29, 0.717) is 0 Å². The molecular formula is C8H10BrClN2. The number of hydrogen-bond donors (Lipinski definition) is 0. The van der Waals surface area contributed by atoms with Gasteiger partial charge in [0.05, 0.1) is 0 Å². The normalized spacial score (nSPS) is 14.9. The molecule has 66 valence electrons. The molecule has 4 heteroatoms. The van der Waals surface area contributed by atoms with E-state index in [4.69, 9.17) is 0 Å². The minimum atomic E-state index is 0. The monoisotopic (exact) mass is 248 g/mol. The van der Waals surface area contributed by atoms with E-state index < -0.39 is 0 Å². The first-order chi connectivity index (χ1) is 5.36. The van der Waals surface area contributed by atoms with Gasteiger partial charge in [-0.1, -0.05) is 0 Å². The third-order valence-corrected chi connectivity index (χ3v) is 2.36. The van der Waals surface area contributed by atoms with Crippen LogP contribution in [0.25, 0.3) is 0 Å². The van der Waals surface area contributed by atoms with Crippen LogP contribution < -0.4 is 4.90 Å². The van der Waals surface area contributed by atoms with E-state index in [1.807, 2.05) is 18.3 Å². The second-order valence-electron chi connectivity index (χ2n) is 2.68. The topological polar surface area (TPSA) is 16.1 Å². The molecule has 0 spiro atoms. The fourth-order valence-electron chi connectivity index (χ4n) is 1.10. The summed E-state index contributed by atoms with van der Waals surface area (Å²) in [6.07, 6.45) is 3.14. The van der Waals surface area contributed by atoms with Gasteiger partial charge in [-0.25, -0.2) is 4.98 Å². The lowest BCUT2D eigenvalue weighted by atomic mass is 10.2. The van der Waals surface area contributed by atoms with Crippen molar-refractivity contribution in [2.45, 2.75) is 6.42 Å². The molecule has 0 unspecified atom stereocenters. The zero-order valence-corrected chi connectivity index (χ0v) is 8.94. The third kappa shape index (κ3) is 1.90. The molecule has 1 aromatic rings. The van der Waals surface area contributed by atoms with E-state index in [9.17, 15) is 0 Å². The average Bonchev–Trinajstić information content (AvgIpc) is 1.90. The van der Waals surface area contributed by atoms with Gasteiger partial charge in [-0.2, -0.15) is 0 Å². The van der Waals surface area contributed by atoms with E-state index in [2.05, 4.69) is 25.8 Å².